The molecule has 1 aromatic rings. The minimum atomic E-state index is -2.78. The number of carbonyl (C=O) groups is 1. The van der Waals surface area contributed by atoms with E-state index in [9.17, 15) is 13.6 Å². The van der Waals surface area contributed by atoms with Gasteiger partial charge in [-0.1, -0.05) is 0 Å². The second kappa shape index (κ2) is 4.17. The first-order valence-electron chi connectivity index (χ1n) is 4.93. The molecule has 88 valence electrons. The van der Waals surface area contributed by atoms with Gasteiger partial charge >= 0.3 is 0 Å². The first kappa shape index (κ1) is 11.0. The second-order valence-electron chi connectivity index (χ2n) is 3.79. The number of aromatic amines is 1. The topological polar surface area (TPSA) is 69.8 Å². The van der Waals surface area contributed by atoms with Crippen molar-refractivity contribution in [2.24, 2.45) is 0 Å². The molecule has 0 spiro atoms. The molecular weight excluding hydrogens is 218 g/mol. The zero-order chi connectivity index (χ0) is 11.6. The van der Waals surface area contributed by atoms with Gasteiger partial charge < -0.3 is 10.3 Å². The average Bonchev–Trinajstić information content (AvgIpc) is 2.83. The summed E-state index contributed by atoms with van der Waals surface area (Å²) >= 11 is 0. The highest BCUT2D eigenvalue weighted by atomic mass is 19.3. The molecule has 1 amide bonds. The van der Waals surface area contributed by atoms with Crippen LogP contribution in [0.4, 0.5) is 8.78 Å². The van der Waals surface area contributed by atoms with Crippen molar-refractivity contribution in [3.8, 4) is 0 Å². The van der Waals surface area contributed by atoms with E-state index in [4.69, 9.17) is 0 Å². The first-order chi connectivity index (χ1) is 7.57. The molecule has 1 fully saturated rings. The van der Waals surface area contributed by atoms with Crippen LogP contribution in [-0.4, -0.2) is 34.4 Å². The lowest BCUT2D eigenvalue weighted by atomic mass is 10.2. The Kier molecular flexibility index (Phi) is 2.86. The van der Waals surface area contributed by atoms with Crippen molar-refractivity contribution in [2.45, 2.75) is 24.9 Å². The number of aromatic nitrogens is 2. The van der Waals surface area contributed by atoms with E-state index in [1.807, 2.05) is 0 Å². The highest BCUT2D eigenvalue weighted by molar-refractivity contribution is 5.82. The van der Waals surface area contributed by atoms with Crippen molar-refractivity contribution in [3.63, 3.8) is 0 Å². The molecule has 3 N–H and O–H groups in total. The minimum Gasteiger partial charge on any atom is -0.349 e. The summed E-state index contributed by atoms with van der Waals surface area (Å²) in [7, 11) is 0. The predicted molar refractivity (Wildman–Crippen MR) is 51.8 cm³/mol. The Hall–Kier alpha value is -1.50. The lowest BCUT2D eigenvalue weighted by Gasteiger charge is -2.10. The van der Waals surface area contributed by atoms with E-state index < -0.39 is 30.8 Å². The number of nitrogens with one attached hydrogen (secondary N) is 3. The van der Waals surface area contributed by atoms with Gasteiger partial charge in [0.2, 0.25) is 5.91 Å². The molecule has 16 heavy (non-hydrogen) atoms. The van der Waals surface area contributed by atoms with Crippen LogP contribution in [-0.2, 0) is 11.3 Å². The maximum atomic E-state index is 12.8. The highest BCUT2D eigenvalue weighted by Crippen LogP contribution is 2.24. The summed E-state index contributed by atoms with van der Waals surface area (Å²) in [6.45, 7) is -0.169. The number of amides is 1. The molecule has 0 radical (unpaired) electrons. The molecule has 2 rings (SSSR count). The smallest absolute Gasteiger partial charge is 0.262 e. The fourth-order valence-electron chi connectivity index (χ4n) is 1.59. The summed E-state index contributed by atoms with van der Waals surface area (Å²) in [6, 6.07) is -0.807. The number of nitrogens with zero attached hydrogens (tertiary/aromatic N) is 1. The summed E-state index contributed by atoms with van der Waals surface area (Å²) in [5, 5.41) is 5.05. The molecule has 0 bridgehead atoms. The van der Waals surface area contributed by atoms with Gasteiger partial charge in [-0.3, -0.25) is 10.1 Å². The van der Waals surface area contributed by atoms with Gasteiger partial charge in [0.1, 0.15) is 0 Å². The standard InChI is InChI=1S/C9H12F2N4O/c10-9(11)1-7(14-4-9)8(16)13-3-6-2-12-5-15-6/h2,5,7,14H,1,3-4H2,(H,12,15)(H,13,16). The van der Waals surface area contributed by atoms with Gasteiger partial charge in [0.25, 0.3) is 5.92 Å². The van der Waals surface area contributed by atoms with Crippen LogP contribution in [0.3, 0.4) is 0 Å². The molecule has 1 aliphatic rings. The third kappa shape index (κ3) is 2.54. The van der Waals surface area contributed by atoms with Crippen molar-refractivity contribution in [1.82, 2.24) is 20.6 Å². The molecule has 2 heterocycles. The van der Waals surface area contributed by atoms with Crippen LogP contribution in [0.5, 0.6) is 0 Å². The van der Waals surface area contributed by atoms with E-state index in [-0.39, 0.29) is 6.54 Å². The van der Waals surface area contributed by atoms with E-state index in [1.165, 1.54) is 6.33 Å². The number of alkyl halides is 2. The van der Waals surface area contributed by atoms with E-state index in [1.54, 1.807) is 6.20 Å². The second-order valence-corrected chi connectivity index (χ2v) is 3.79. The van der Waals surface area contributed by atoms with Crippen LogP contribution in [0.1, 0.15) is 12.1 Å². The Morgan fingerprint density at radius 1 is 1.69 bits per heavy atom. The zero-order valence-corrected chi connectivity index (χ0v) is 8.46. The SMILES string of the molecule is O=C(NCc1cnc[nH]1)C1CC(F)(F)CN1. The monoisotopic (exact) mass is 230 g/mol. The number of halogens is 2. The van der Waals surface area contributed by atoms with Crippen molar-refractivity contribution < 1.29 is 13.6 Å². The maximum Gasteiger partial charge on any atom is 0.262 e. The summed E-state index contributed by atoms with van der Waals surface area (Å²) in [5.74, 6) is -3.19. The normalized spacial score (nSPS) is 23.2. The Bertz CT molecular complexity index is 366. The van der Waals surface area contributed by atoms with E-state index in [0.29, 0.717) is 0 Å². The molecule has 1 atom stereocenters. The van der Waals surface area contributed by atoms with Crippen molar-refractivity contribution in [2.75, 3.05) is 6.54 Å². The Morgan fingerprint density at radius 3 is 3.06 bits per heavy atom. The fourth-order valence-corrected chi connectivity index (χ4v) is 1.59. The van der Waals surface area contributed by atoms with E-state index in [0.717, 1.165) is 5.69 Å². The van der Waals surface area contributed by atoms with Crippen molar-refractivity contribution in [3.05, 3.63) is 18.2 Å². The Morgan fingerprint density at radius 2 is 2.50 bits per heavy atom. The van der Waals surface area contributed by atoms with Crippen LogP contribution in [0.25, 0.3) is 0 Å². The highest BCUT2D eigenvalue weighted by Gasteiger charge is 2.42. The molecule has 7 heteroatoms. The lowest BCUT2D eigenvalue weighted by molar-refractivity contribution is -0.123. The predicted octanol–water partition coefficient (Wildman–Crippen LogP) is 0.0231. The lowest BCUT2D eigenvalue weighted by Crippen LogP contribution is -2.40. The molecule has 0 saturated carbocycles. The number of imidazole rings is 1. The van der Waals surface area contributed by atoms with Crippen molar-refractivity contribution >= 4 is 5.91 Å². The van der Waals surface area contributed by atoms with Crippen molar-refractivity contribution in [1.29, 1.82) is 0 Å². The number of carbonyl (C=O) groups excluding carboxylic acids is 1. The quantitative estimate of drug-likeness (QED) is 0.685. The number of hydrogen-bond acceptors (Lipinski definition) is 3. The Labute approximate surface area is 90.6 Å². The first-order valence-corrected chi connectivity index (χ1v) is 4.93. The van der Waals surface area contributed by atoms with Gasteiger partial charge in [0.05, 0.1) is 31.2 Å². The summed E-state index contributed by atoms with van der Waals surface area (Å²) < 4.78 is 25.6. The average molecular weight is 230 g/mol. The summed E-state index contributed by atoms with van der Waals surface area (Å²) in [5.41, 5.74) is 0.734. The number of H-pyrrole nitrogens is 1. The maximum absolute atomic E-state index is 12.8. The van der Waals surface area contributed by atoms with Gasteiger partial charge in [-0.05, 0) is 0 Å². The zero-order valence-electron chi connectivity index (χ0n) is 8.46. The van der Waals surface area contributed by atoms with Crippen LogP contribution < -0.4 is 10.6 Å². The molecule has 5 nitrogen and oxygen atoms in total. The summed E-state index contributed by atoms with van der Waals surface area (Å²) in [4.78, 5) is 18.1. The molecule has 0 aliphatic carbocycles. The molecule has 1 aliphatic heterocycles. The van der Waals surface area contributed by atoms with Crippen LogP contribution in [0, 0.1) is 0 Å². The largest absolute Gasteiger partial charge is 0.349 e. The molecule has 1 saturated heterocycles. The number of hydrogen-bond donors (Lipinski definition) is 3. The minimum absolute atomic E-state index is 0.266. The molecule has 0 aromatic carbocycles. The van der Waals surface area contributed by atoms with Gasteiger partial charge in [-0.15, -0.1) is 0 Å². The van der Waals surface area contributed by atoms with Gasteiger partial charge in [0.15, 0.2) is 0 Å². The van der Waals surface area contributed by atoms with Gasteiger partial charge in [0, 0.05) is 12.6 Å². The third-order valence-corrected chi connectivity index (χ3v) is 2.43. The fraction of sp³-hybridized carbons (Fsp3) is 0.556. The van der Waals surface area contributed by atoms with Gasteiger partial charge in [-0.25, -0.2) is 13.8 Å². The summed E-state index contributed by atoms with van der Waals surface area (Å²) in [6.07, 6.45) is 2.61. The Balaban J connectivity index is 1.81. The van der Waals surface area contributed by atoms with Crippen LogP contribution in [0.15, 0.2) is 12.5 Å². The van der Waals surface area contributed by atoms with Crippen LogP contribution in [0.2, 0.25) is 0 Å². The van der Waals surface area contributed by atoms with E-state index in [2.05, 4.69) is 20.6 Å². The van der Waals surface area contributed by atoms with Crippen LogP contribution >= 0.6 is 0 Å². The van der Waals surface area contributed by atoms with E-state index >= 15 is 0 Å². The third-order valence-electron chi connectivity index (χ3n) is 2.43. The molecule has 1 aromatic heterocycles. The van der Waals surface area contributed by atoms with Gasteiger partial charge in [-0.2, -0.15) is 0 Å². The number of rotatable bonds is 3. The molecular formula is C9H12F2N4O. The molecule has 1 unspecified atom stereocenters.